The molecule has 1 aliphatic heterocycles. The summed E-state index contributed by atoms with van der Waals surface area (Å²) in [5, 5.41) is 2.84. The summed E-state index contributed by atoms with van der Waals surface area (Å²) in [6.45, 7) is 9.08. The number of amides is 2. The molecule has 160 valence electrons. The molecule has 1 heterocycles. The quantitative estimate of drug-likeness (QED) is 0.765. The molecule has 2 aromatic carbocycles. The maximum atomic E-state index is 12.5. The lowest BCUT2D eigenvalue weighted by atomic mass is 10.1. The molecule has 1 N–H and O–H groups in total. The fraction of sp³-hybridized carbons (Fsp3) is 0.417. The molecule has 0 spiro atoms. The Morgan fingerprint density at radius 1 is 0.933 bits per heavy atom. The van der Waals surface area contributed by atoms with Gasteiger partial charge < -0.3 is 10.2 Å². The summed E-state index contributed by atoms with van der Waals surface area (Å²) in [6, 6.07) is 16.2. The highest BCUT2D eigenvalue weighted by Crippen LogP contribution is 2.11. The van der Waals surface area contributed by atoms with Crippen LogP contribution in [0.5, 0.6) is 0 Å². The molecule has 0 saturated carbocycles. The number of rotatable bonds is 7. The third-order valence-corrected chi connectivity index (χ3v) is 5.45. The van der Waals surface area contributed by atoms with Crippen molar-refractivity contribution in [2.24, 2.45) is 0 Å². The molecular formula is C24H32N4O2. The van der Waals surface area contributed by atoms with Crippen molar-refractivity contribution in [3.05, 3.63) is 65.2 Å². The number of benzene rings is 2. The van der Waals surface area contributed by atoms with E-state index in [2.05, 4.69) is 46.3 Å². The van der Waals surface area contributed by atoms with E-state index in [1.54, 1.807) is 7.05 Å². The van der Waals surface area contributed by atoms with Crippen molar-refractivity contribution < 1.29 is 9.59 Å². The number of carbonyl (C=O) groups excluding carboxylic acids is 2. The minimum atomic E-state index is -0.183. The van der Waals surface area contributed by atoms with E-state index in [4.69, 9.17) is 0 Å². The van der Waals surface area contributed by atoms with Crippen molar-refractivity contribution in [3.8, 4) is 0 Å². The zero-order valence-electron chi connectivity index (χ0n) is 18.2. The van der Waals surface area contributed by atoms with Crippen LogP contribution >= 0.6 is 0 Å². The molecule has 3 rings (SSSR count). The fourth-order valence-electron chi connectivity index (χ4n) is 3.63. The highest BCUT2D eigenvalue weighted by molar-refractivity contribution is 5.94. The monoisotopic (exact) mass is 408 g/mol. The number of piperazine rings is 1. The van der Waals surface area contributed by atoms with E-state index in [1.807, 2.05) is 31.2 Å². The number of hydrogen-bond donors (Lipinski definition) is 1. The smallest absolute Gasteiger partial charge is 0.243 e. The van der Waals surface area contributed by atoms with Gasteiger partial charge in [-0.25, -0.2) is 0 Å². The van der Waals surface area contributed by atoms with E-state index in [0.29, 0.717) is 6.54 Å². The maximum Gasteiger partial charge on any atom is 0.243 e. The first-order chi connectivity index (χ1) is 14.4. The number of anilines is 1. The Morgan fingerprint density at radius 3 is 2.27 bits per heavy atom. The number of aryl methyl sites for hydroxylation is 2. The highest BCUT2D eigenvalue weighted by Gasteiger charge is 2.21. The van der Waals surface area contributed by atoms with Gasteiger partial charge in [-0.1, -0.05) is 47.5 Å². The zero-order valence-corrected chi connectivity index (χ0v) is 18.2. The van der Waals surface area contributed by atoms with E-state index in [0.717, 1.165) is 44.0 Å². The molecule has 0 atom stereocenters. The first kappa shape index (κ1) is 22.0. The SMILES string of the molecule is Cc1ccc(NC(=O)CN(C)C(=O)CN2CCN(Cc3cccc(C)c3)CC2)cc1. The van der Waals surface area contributed by atoms with Gasteiger partial charge >= 0.3 is 0 Å². The van der Waals surface area contributed by atoms with Crippen molar-refractivity contribution in [1.82, 2.24) is 14.7 Å². The van der Waals surface area contributed by atoms with Crippen LogP contribution in [-0.4, -0.2) is 72.8 Å². The Kier molecular flexibility index (Phi) is 7.60. The van der Waals surface area contributed by atoms with Gasteiger partial charge in [0.1, 0.15) is 0 Å². The lowest BCUT2D eigenvalue weighted by molar-refractivity contribution is -0.134. The number of carbonyl (C=O) groups is 2. The van der Waals surface area contributed by atoms with Gasteiger partial charge in [0, 0.05) is 45.5 Å². The summed E-state index contributed by atoms with van der Waals surface area (Å²) in [5.41, 5.74) is 4.50. The lowest BCUT2D eigenvalue weighted by Crippen LogP contribution is -2.49. The summed E-state index contributed by atoms with van der Waals surface area (Å²) in [6.07, 6.45) is 0. The van der Waals surface area contributed by atoms with E-state index >= 15 is 0 Å². The van der Waals surface area contributed by atoms with Crippen molar-refractivity contribution >= 4 is 17.5 Å². The van der Waals surface area contributed by atoms with Crippen molar-refractivity contribution in [2.75, 3.05) is 51.6 Å². The Balaban J connectivity index is 1.39. The van der Waals surface area contributed by atoms with Gasteiger partial charge in [-0.3, -0.25) is 19.4 Å². The molecule has 1 fully saturated rings. The Labute approximate surface area is 179 Å². The van der Waals surface area contributed by atoms with Crippen molar-refractivity contribution in [2.45, 2.75) is 20.4 Å². The molecule has 1 saturated heterocycles. The molecular weight excluding hydrogens is 376 g/mol. The Morgan fingerprint density at radius 2 is 1.60 bits per heavy atom. The molecule has 2 aromatic rings. The number of nitrogens with zero attached hydrogens (tertiary/aromatic N) is 3. The first-order valence-electron chi connectivity index (χ1n) is 10.5. The molecule has 0 aromatic heterocycles. The normalized spacial score (nSPS) is 15.0. The van der Waals surface area contributed by atoms with E-state index in [9.17, 15) is 9.59 Å². The van der Waals surface area contributed by atoms with Crippen LogP contribution in [0.25, 0.3) is 0 Å². The average molecular weight is 409 g/mol. The summed E-state index contributed by atoms with van der Waals surface area (Å²) >= 11 is 0. The topological polar surface area (TPSA) is 55.9 Å². The van der Waals surface area contributed by atoms with Gasteiger partial charge in [-0.2, -0.15) is 0 Å². The predicted molar refractivity (Wildman–Crippen MR) is 120 cm³/mol. The molecule has 0 radical (unpaired) electrons. The largest absolute Gasteiger partial charge is 0.335 e. The number of nitrogens with one attached hydrogen (secondary N) is 1. The van der Waals surface area contributed by atoms with Crippen molar-refractivity contribution in [3.63, 3.8) is 0 Å². The fourth-order valence-corrected chi connectivity index (χ4v) is 3.63. The molecule has 0 bridgehead atoms. The first-order valence-corrected chi connectivity index (χ1v) is 10.5. The third kappa shape index (κ3) is 6.68. The standard InChI is InChI=1S/C24H32N4O2/c1-19-7-9-22(10-8-19)25-23(29)17-26(3)24(30)18-28-13-11-27(12-14-28)16-21-6-4-5-20(2)15-21/h4-10,15H,11-14,16-18H2,1-3H3,(H,25,29). The summed E-state index contributed by atoms with van der Waals surface area (Å²) in [7, 11) is 1.69. The van der Waals surface area contributed by atoms with Crippen LogP contribution in [0, 0.1) is 13.8 Å². The molecule has 1 aliphatic rings. The summed E-state index contributed by atoms with van der Waals surface area (Å²) in [4.78, 5) is 30.9. The van der Waals surface area contributed by atoms with Crippen LogP contribution in [0.1, 0.15) is 16.7 Å². The minimum Gasteiger partial charge on any atom is -0.335 e. The molecule has 30 heavy (non-hydrogen) atoms. The molecule has 6 heteroatoms. The summed E-state index contributed by atoms with van der Waals surface area (Å²) in [5.74, 6) is -0.209. The Bertz CT molecular complexity index is 858. The van der Waals surface area contributed by atoms with E-state index in [-0.39, 0.29) is 18.4 Å². The molecule has 0 unspecified atom stereocenters. The second-order valence-electron chi connectivity index (χ2n) is 8.21. The third-order valence-electron chi connectivity index (χ3n) is 5.45. The van der Waals surface area contributed by atoms with Crippen LogP contribution in [0.15, 0.2) is 48.5 Å². The Hall–Kier alpha value is -2.70. The van der Waals surface area contributed by atoms with Crippen LogP contribution in [0.3, 0.4) is 0 Å². The average Bonchev–Trinajstić information content (AvgIpc) is 2.71. The van der Waals surface area contributed by atoms with Gasteiger partial charge in [-0.05, 0) is 31.5 Å². The maximum absolute atomic E-state index is 12.5. The van der Waals surface area contributed by atoms with Crippen LogP contribution in [-0.2, 0) is 16.1 Å². The van der Waals surface area contributed by atoms with Crippen LogP contribution < -0.4 is 5.32 Å². The predicted octanol–water partition coefficient (Wildman–Crippen LogP) is 2.52. The van der Waals surface area contributed by atoms with Gasteiger partial charge in [0.2, 0.25) is 11.8 Å². The van der Waals surface area contributed by atoms with Gasteiger partial charge in [-0.15, -0.1) is 0 Å². The molecule has 0 aliphatic carbocycles. The molecule has 2 amide bonds. The number of hydrogen-bond acceptors (Lipinski definition) is 4. The summed E-state index contributed by atoms with van der Waals surface area (Å²) < 4.78 is 0. The highest BCUT2D eigenvalue weighted by atomic mass is 16.2. The lowest BCUT2D eigenvalue weighted by Gasteiger charge is -2.35. The van der Waals surface area contributed by atoms with Gasteiger partial charge in [0.05, 0.1) is 13.1 Å². The van der Waals surface area contributed by atoms with Gasteiger partial charge in [0.15, 0.2) is 0 Å². The number of likely N-dealkylation sites (N-methyl/N-ethyl adjacent to an activating group) is 1. The second kappa shape index (κ2) is 10.4. The molecule has 6 nitrogen and oxygen atoms in total. The van der Waals surface area contributed by atoms with E-state index in [1.165, 1.54) is 16.0 Å². The van der Waals surface area contributed by atoms with Gasteiger partial charge in [0.25, 0.3) is 0 Å². The zero-order chi connectivity index (χ0) is 21.5. The minimum absolute atomic E-state index is 0.0267. The van der Waals surface area contributed by atoms with Crippen LogP contribution in [0.2, 0.25) is 0 Å². The van der Waals surface area contributed by atoms with Crippen molar-refractivity contribution in [1.29, 1.82) is 0 Å². The van der Waals surface area contributed by atoms with Crippen LogP contribution in [0.4, 0.5) is 5.69 Å². The van der Waals surface area contributed by atoms with E-state index < -0.39 is 0 Å². The second-order valence-corrected chi connectivity index (χ2v) is 8.21.